The van der Waals surface area contributed by atoms with Crippen molar-refractivity contribution in [1.82, 2.24) is 25.1 Å². The molecule has 5 rings (SSSR count). The number of ether oxygens (including phenoxy) is 2. The quantitative estimate of drug-likeness (QED) is 0.303. The number of nitrogens with zero attached hydrogens (tertiary/aromatic N) is 4. The van der Waals surface area contributed by atoms with Crippen LogP contribution in [0, 0.1) is 6.92 Å². The van der Waals surface area contributed by atoms with Gasteiger partial charge in [-0.05, 0) is 30.7 Å². The lowest BCUT2D eigenvalue weighted by atomic mass is 10.1. The summed E-state index contributed by atoms with van der Waals surface area (Å²) in [6.45, 7) is 14.7. The molecule has 11 nitrogen and oxygen atoms in total. The van der Waals surface area contributed by atoms with E-state index in [1.807, 2.05) is 89.2 Å². The third-order valence-corrected chi connectivity index (χ3v) is 7.34. The molecule has 48 heavy (non-hydrogen) atoms. The molecule has 2 fully saturated rings. The van der Waals surface area contributed by atoms with Crippen molar-refractivity contribution in [3.8, 4) is 17.2 Å². The number of hydrogen-bond acceptors (Lipinski definition) is 7. The van der Waals surface area contributed by atoms with E-state index in [2.05, 4.69) is 11.9 Å². The lowest BCUT2D eigenvalue weighted by Crippen LogP contribution is -2.73. The van der Waals surface area contributed by atoms with Crippen LogP contribution in [0.1, 0.15) is 44.4 Å². The van der Waals surface area contributed by atoms with Crippen LogP contribution in [0.25, 0.3) is 0 Å². The lowest BCUT2D eigenvalue weighted by molar-refractivity contribution is -0.180. The molecule has 2 aliphatic heterocycles. The maximum Gasteiger partial charge on any atom is 0.334 e. The molecule has 4 amide bonds. The SMILES string of the molecule is C=CCN1CC(=O)N2CC(=O)N(Cc3cccc(OC)c3OC)CC2N1C(=O)NCc1ccccc1.CC.CC.Cc1ccc(O)cc1. The van der Waals surface area contributed by atoms with E-state index in [4.69, 9.17) is 14.6 Å². The van der Waals surface area contributed by atoms with Gasteiger partial charge in [0.15, 0.2) is 11.5 Å². The van der Waals surface area contributed by atoms with Gasteiger partial charge in [-0.2, -0.15) is 0 Å². The first kappa shape index (κ1) is 39.1. The van der Waals surface area contributed by atoms with Gasteiger partial charge in [-0.1, -0.05) is 93.9 Å². The molecule has 0 aromatic heterocycles. The predicted molar refractivity (Wildman–Crippen MR) is 188 cm³/mol. The van der Waals surface area contributed by atoms with Gasteiger partial charge >= 0.3 is 6.03 Å². The summed E-state index contributed by atoms with van der Waals surface area (Å²) < 4.78 is 10.9. The second-order valence-corrected chi connectivity index (χ2v) is 10.4. The van der Waals surface area contributed by atoms with Crippen molar-refractivity contribution in [3.63, 3.8) is 0 Å². The van der Waals surface area contributed by atoms with E-state index in [0.29, 0.717) is 30.3 Å². The average Bonchev–Trinajstić information content (AvgIpc) is 3.12. The first-order valence-corrected chi connectivity index (χ1v) is 16.2. The molecule has 3 aromatic carbocycles. The molecule has 1 atom stereocenters. The Morgan fingerprint density at radius 3 is 2.17 bits per heavy atom. The van der Waals surface area contributed by atoms with Gasteiger partial charge in [-0.15, -0.1) is 6.58 Å². The minimum absolute atomic E-state index is 0.0156. The highest BCUT2D eigenvalue weighted by atomic mass is 16.5. The molecule has 2 saturated heterocycles. The smallest absolute Gasteiger partial charge is 0.334 e. The van der Waals surface area contributed by atoms with Crippen LogP contribution in [0.3, 0.4) is 0 Å². The lowest BCUT2D eigenvalue weighted by Gasteiger charge is -2.52. The number of carbonyl (C=O) groups is 3. The molecule has 2 N–H and O–H groups in total. The number of piperazine rings is 1. The van der Waals surface area contributed by atoms with Crippen molar-refractivity contribution in [2.24, 2.45) is 0 Å². The standard InChI is InChI=1S/C26H31N5O5.C7H8O.2C2H6/c1-4-13-29-17-24(33)30-18-23(32)28(15-20-11-8-12-21(35-2)25(20)36-3)16-22(30)31(29)26(34)27-14-19-9-6-5-7-10-19;1-6-2-4-7(8)5-3-6;2*1-2/h4-12,22H,1,13-18H2,2-3H3,(H,27,34);2-5,8H,1H3;2*1-2H3. The Hall–Kier alpha value is -5.03. The zero-order valence-corrected chi connectivity index (χ0v) is 29.3. The van der Waals surface area contributed by atoms with Crippen molar-refractivity contribution in [1.29, 1.82) is 0 Å². The summed E-state index contributed by atoms with van der Waals surface area (Å²) in [7, 11) is 3.10. The zero-order chi connectivity index (χ0) is 35.6. The van der Waals surface area contributed by atoms with E-state index < -0.39 is 6.17 Å². The van der Waals surface area contributed by atoms with Crippen molar-refractivity contribution < 1.29 is 29.0 Å². The van der Waals surface area contributed by atoms with Crippen LogP contribution < -0.4 is 14.8 Å². The second-order valence-electron chi connectivity index (χ2n) is 10.4. The topological polar surface area (TPSA) is 115 Å². The highest BCUT2D eigenvalue weighted by Crippen LogP contribution is 2.32. The van der Waals surface area contributed by atoms with Crippen LogP contribution in [-0.4, -0.2) is 89.3 Å². The Labute approximate surface area is 285 Å². The molecule has 3 aromatic rings. The van der Waals surface area contributed by atoms with E-state index in [1.165, 1.54) is 15.5 Å². The number of phenols is 1. The number of phenolic OH excluding ortho intramolecular Hbond substituents is 1. The third kappa shape index (κ3) is 10.5. The molecule has 0 bridgehead atoms. The normalized spacial score (nSPS) is 15.3. The molecular formula is C37H51N5O6. The van der Waals surface area contributed by atoms with E-state index in [-0.39, 0.29) is 44.0 Å². The fourth-order valence-corrected chi connectivity index (χ4v) is 5.13. The number of methoxy groups -OCH3 is 2. The Morgan fingerprint density at radius 2 is 1.58 bits per heavy atom. The van der Waals surface area contributed by atoms with Crippen LogP contribution in [0.2, 0.25) is 0 Å². The number of urea groups is 1. The number of fused-ring (bicyclic) bond motifs is 1. The molecule has 0 aliphatic carbocycles. The molecular weight excluding hydrogens is 610 g/mol. The van der Waals surface area contributed by atoms with Crippen LogP contribution in [0.15, 0.2) is 85.5 Å². The number of carbonyl (C=O) groups excluding carboxylic acids is 3. The van der Waals surface area contributed by atoms with Crippen LogP contribution in [0.5, 0.6) is 17.2 Å². The summed E-state index contributed by atoms with van der Waals surface area (Å²) >= 11 is 0. The van der Waals surface area contributed by atoms with Gasteiger partial charge in [0.1, 0.15) is 18.5 Å². The molecule has 1 unspecified atom stereocenters. The monoisotopic (exact) mass is 661 g/mol. The molecule has 0 saturated carbocycles. The van der Waals surface area contributed by atoms with Gasteiger partial charge < -0.3 is 29.7 Å². The summed E-state index contributed by atoms with van der Waals surface area (Å²) in [5.74, 6) is 1.02. The Bertz CT molecular complexity index is 1430. The van der Waals surface area contributed by atoms with Gasteiger partial charge in [0.05, 0.1) is 27.3 Å². The number of para-hydroxylation sites is 1. The van der Waals surface area contributed by atoms with Crippen molar-refractivity contribution in [3.05, 3.63) is 102 Å². The number of nitrogens with one attached hydrogen (secondary N) is 1. The number of aryl methyl sites for hydroxylation is 1. The minimum Gasteiger partial charge on any atom is -0.508 e. The first-order chi connectivity index (χ1) is 23.2. The molecule has 0 radical (unpaired) electrons. The summed E-state index contributed by atoms with van der Waals surface area (Å²) in [6, 6.07) is 21.8. The van der Waals surface area contributed by atoms with Crippen molar-refractivity contribution in [2.45, 2.75) is 53.9 Å². The summed E-state index contributed by atoms with van der Waals surface area (Å²) in [5.41, 5.74) is 2.89. The van der Waals surface area contributed by atoms with Crippen LogP contribution >= 0.6 is 0 Å². The van der Waals surface area contributed by atoms with Crippen molar-refractivity contribution >= 4 is 17.8 Å². The van der Waals surface area contributed by atoms with Gasteiger partial charge in [0, 0.05) is 25.2 Å². The fraction of sp³-hybridized carbons (Fsp3) is 0.378. The van der Waals surface area contributed by atoms with Gasteiger partial charge in [-0.3, -0.25) is 9.59 Å². The molecule has 2 aliphatic rings. The number of hydrazine groups is 1. The number of rotatable bonds is 8. The highest BCUT2D eigenvalue weighted by molar-refractivity contribution is 5.89. The number of aromatic hydroxyl groups is 1. The van der Waals surface area contributed by atoms with Crippen LogP contribution in [0.4, 0.5) is 4.79 Å². The molecule has 2 heterocycles. The molecule has 0 spiro atoms. The van der Waals surface area contributed by atoms with Gasteiger partial charge in [-0.25, -0.2) is 14.8 Å². The number of hydrogen-bond donors (Lipinski definition) is 2. The summed E-state index contributed by atoms with van der Waals surface area (Å²) in [6.07, 6.45) is 0.990. The summed E-state index contributed by atoms with van der Waals surface area (Å²) in [4.78, 5) is 42.5. The number of amides is 4. The fourth-order valence-electron chi connectivity index (χ4n) is 5.13. The minimum atomic E-state index is -0.656. The third-order valence-electron chi connectivity index (χ3n) is 7.34. The van der Waals surface area contributed by atoms with E-state index >= 15 is 0 Å². The Morgan fingerprint density at radius 1 is 0.917 bits per heavy atom. The van der Waals surface area contributed by atoms with Crippen molar-refractivity contribution in [2.75, 3.05) is 40.4 Å². The molecule has 11 heteroatoms. The summed E-state index contributed by atoms with van der Waals surface area (Å²) in [5, 5.41) is 14.9. The highest BCUT2D eigenvalue weighted by Gasteiger charge is 2.46. The maximum absolute atomic E-state index is 13.4. The van der Waals surface area contributed by atoms with Gasteiger partial charge in [0.2, 0.25) is 11.8 Å². The largest absolute Gasteiger partial charge is 0.508 e. The zero-order valence-electron chi connectivity index (χ0n) is 29.3. The number of benzene rings is 3. The first-order valence-electron chi connectivity index (χ1n) is 16.2. The average molecular weight is 662 g/mol. The molecule has 260 valence electrons. The van der Waals surface area contributed by atoms with Crippen LogP contribution in [-0.2, 0) is 22.7 Å². The Kier molecular flexibility index (Phi) is 16.5. The predicted octanol–water partition coefficient (Wildman–Crippen LogP) is 5.58. The second kappa shape index (κ2) is 20.3. The van der Waals surface area contributed by atoms with E-state index in [9.17, 15) is 14.4 Å². The van der Waals surface area contributed by atoms with E-state index in [0.717, 1.165) is 11.1 Å². The van der Waals surface area contributed by atoms with Gasteiger partial charge in [0.25, 0.3) is 0 Å². The van der Waals surface area contributed by atoms with E-state index in [1.54, 1.807) is 48.4 Å². The Balaban J connectivity index is 0.000000571. The maximum atomic E-state index is 13.4.